The summed E-state index contributed by atoms with van der Waals surface area (Å²) in [7, 11) is 0. The SMILES string of the molecule is Cc1ccc(Nc2nc3c(s2)CCC3)c(C#N)c1. The lowest BCUT2D eigenvalue weighted by Crippen LogP contribution is -1.94. The van der Waals surface area contributed by atoms with Crippen LogP contribution in [0.15, 0.2) is 18.2 Å². The molecule has 0 saturated heterocycles. The summed E-state index contributed by atoms with van der Waals surface area (Å²) in [6, 6.07) is 8.06. The first kappa shape index (κ1) is 11.2. The molecular weight excluding hydrogens is 242 g/mol. The molecule has 90 valence electrons. The Morgan fingerprint density at radius 3 is 3.06 bits per heavy atom. The highest BCUT2D eigenvalue weighted by Crippen LogP contribution is 2.32. The van der Waals surface area contributed by atoms with Gasteiger partial charge in [0, 0.05) is 4.88 Å². The average molecular weight is 255 g/mol. The van der Waals surface area contributed by atoms with E-state index in [-0.39, 0.29) is 0 Å². The van der Waals surface area contributed by atoms with Gasteiger partial charge >= 0.3 is 0 Å². The van der Waals surface area contributed by atoms with E-state index in [0.717, 1.165) is 29.2 Å². The minimum atomic E-state index is 0.672. The van der Waals surface area contributed by atoms with Crippen LogP contribution < -0.4 is 5.32 Å². The van der Waals surface area contributed by atoms with Crippen molar-refractivity contribution < 1.29 is 0 Å². The van der Waals surface area contributed by atoms with Crippen molar-refractivity contribution in [3.63, 3.8) is 0 Å². The molecule has 1 N–H and O–H groups in total. The Morgan fingerprint density at radius 1 is 1.39 bits per heavy atom. The zero-order valence-electron chi connectivity index (χ0n) is 10.2. The molecule has 0 radical (unpaired) electrons. The highest BCUT2D eigenvalue weighted by molar-refractivity contribution is 7.15. The van der Waals surface area contributed by atoms with Gasteiger partial charge in [-0.2, -0.15) is 5.26 Å². The number of nitriles is 1. The van der Waals surface area contributed by atoms with Crippen LogP contribution in [0.4, 0.5) is 10.8 Å². The van der Waals surface area contributed by atoms with E-state index in [4.69, 9.17) is 5.26 Å². The van der Waals surface area contributed by atoms with Crippen molar-refractivity contribution in [1.29, 1.82) is 5.26 Å². The first-order valence-electron chi connectivity index (χ1n) is 6.02. The number of anilines is 2. The first-order valence-corrected chi connectivity index (χ1v) is 6.84. The molecule has 1 aliphatic carbocycles. The molecule has 0 fully saturated rings. The molecule has 0 unspecified atom stereocenters. The third-order valence-corrected chi connectivity index (χ3v) is 4.21. The number of fused-ring (bicyclic) bond motifs is 1. The highest BCUT2D eigenvalue weighted by Gasteiger charge is 2.17. The third-order valence-electron chi connectivity index (χ3n) is 3.13. The van der Waals surface area contributed by atoms with E-state index >= 15 is 0 Å². The Hall–Kier alpha value is -1.86. The van der Waals surface area contributed by atoms with Crippen LogP contribution in [0.1, 0.15) is 28.1 Å². The van der Waals surface area contributed by atoms with E-state index in [0.29, 0.717) is 5.56 Å². The molecule has 0 atom stereocenters. The maximum absolute atomic E-state index is 9.13. The molecule has 1 heterocycles. The van der Waals surface area contributed by atoms with Crippen molar-refractivity contribution >= 4 is 22.2 Å². The van der Waals surface area contributed by atoms with Crippen LogP contribution in [0.3, 0.4) is 0 Å². The van der Waals surface area contributed by atoms with Crippen LogP contribution in [0.2, 0.25) is 0 Å². The van der Waals surface area contributed by atoms with E-state index in [1.165, 1.54) is 17.0 Å². The molecule has 1 aliphatic rings. The lowest BCUT2D eigenvalue weighted by molar-refractivity contribution is 0.900. The minimum Gasteiger partial charge on any atom is -0.330 e. The fourth-order valence-electron chi connectivity index (χ4n) is 2.22. The molecule has 0 saturated carbocycles. The number of nitrogens with one attached hydrogen (secondary N) is 1. The predicted molar refractivity (Wildman–Crippen MR) is 73.3 cm³/mol. The average Bonchev–Trinajstić information content (AvgIpc) is 2.92. The maximum atomic E-state index is 9.13. The zero-order chi connectivity index (χ0) is 12.5. The Bertz CT molecular complexity index is 615. The Morgan fingerprint density at radius 2 is 2.28 bits per heavy atom. The van der Waals surface area contributed by atoms with Gasteiger partial charge in [-0.25, -0.2) is 4.98 Å². The van der Waals surface area contributed by atoms with Crippen LogP contribution in [0, 0.1) is 18.3 Å². The zero-order valence-corrected chi connectivity index (χ0v) is 11.0. The monoisotopic (exact) mass is 255 g/mol. The molecule has 4 heteroatoms. The molecule has 0 bridgehead atoms. The van der Waals surface area contributed by atoms with E-state index in [9.17, 15) is 0 Å². The normalized spacial score (nSPS) is 13.1. The van der Waals surface area contributed by atoms with Gasteiger partial charge in [-0.05, 0) is 43.9 Å². The van der Waals surface area contributed by atoms with E-state index in [1.807, 2.05) is 25.1 Å². The third kappa shape index (κ3) is 1.98. The summed E-state index contributed by atoms with van der Waals surface area (Å²) in [6.45, 7) is 1.99. The lowest BCUT2D eigenvalue weighted by atomic mass is 10.1. The van der Waals surface area contributed by atoms with Crippen molar-refractivity contribution in [2.75, 3.05) is 5.32 Å². The van der Waals surface area contributed by atoms with Crippen LogP contribution in [0.25, 0.3) is 0 Å². The number of benzene rings is 1. The van der Waals surface area contributed by atoms with E-state index in [2.05, 4.69) is 16.4 Å². The smallest absolute Gasteiger partial charge is 0.187 e. The largest absolute Gasteiger partial charge is 0.330 e. The van der Waals surface area contributed by atoms with Gasteiger partial charge in [-0.3, -0.25) is 0 Å². The van der Waals surface area contributed by atoms with Crippen molar-refractivity contribution in [2.24, 2.45) is 0 Å². The molecule has 0 aliphatic heterocycles. The second-order valence-electron chi connectivity index (χ2n) is 4.53. The summed E-state index contributed by atoms with van der Waals surface area (Å²) in [5, 5.41) is 13.3. The Kier molecular flexibility index (Phi) is 2.77. The summed E-state index contributed by atoms with van der Waals surface area (Å²) in [5.74, 6) is 0. The van der Waals surface area contributed by atoms with Gasteiger partial charge in [0.05, 0.1) is 16.9 Å². The van der Waals surface area contributed by atoms with E-state index in [1.54, 1.807) is 11.3 Å². The summed E-state index contributed by atoms with van der Waals surface area (Å²) in [4.78, 5) is 5.97. The molecule has 18 heavy (non-hydrogen) atoms. The fraction of sp³-hybridized carbons (Fsp3) is 0.286. The quantitative estimate of drug-likeness (QED) is 0.892. The van der Waals surface area contributed by atoms with Gasteiger partial charge < -0.3 is 5.32 Å². The number of aromatic nitrogens is 1. The Labute approximate surface area is 110 Å². The van der Waals surface area contributed by atoms with E-state index < -0.39 is 0 Å². The topological polar surface area (TPSA) is 48.7 Å². The number of aryl methyl sites for hydroxylation is 3. The summed E-state index contributed by atoms with van der Waals surface area (Å²) >= 11 is 1.71. The summed E-state index contributed by atoms with van der Waals surface area (Å²) in [6.07, 6.45) is 3.46. The second kappa shape index (κ2) is 4.43. The second-order valence-corrected chi connectivity index (χ2v) is 5.61. The highest BCUT2D eigenvalue weighted by atomic mass is 32.1. The van der Waals surface area contributed by atoms with Crippen molar-refractivity contribution in [2.45, 2.75) is 26.2 Å². The number of hydrogen-bond acceptors (Lipinski definition) is 4. The lowest BCUT2D eigenvalue weighted by Gasteiger charge is -2.05. The van der Waals surface area contributed by atoms with Gasteiger partial charge in [0.25, 0.3) is 0 Å². The fourth-order valence-corrected chi connectivity index (χ4v) is 3.28. The maximum Gasteiger partial charge on any atom is 0.187 e. The first-order chi connectivity index (χ1) is 8.76. The van der Waals surface area contributed by atoms with Gasteiger partial charge in [-0.1, -0.05) is 6.07 Å². The van der Waals surface area contributed by atoms with Crippen LogP contribution in [-0.2, 0) is 12.8 Å². The molecule has 1 aromatic heterocycles. The van der Waals surface area contributed by atoms with Crippen molar-refractivity contribution in [1.82, 2.24) is 4.98 Å². The standard InChI is InChI=1S/C14H13N3S/c1-9-5-6-11(10(7-9)8-15)16-14-17-12-3-2-4-13(12)18-14/h5-7H,2-4H2,1H3,(H,16,17). The van der Waals surface area contributed by atoms with Crippen LogP contribution in [-0.4, -0.2) is 4.98 Å². The molecule has 3 nitrogen and oxygen atoms in total. The van der Waals surface area contributed by atoms with Gasteiger partial charge in [0.2, 0.25) is 0 Å². The van der Waals surface area contributed by atoms with Crippen LogP contribution >= 0.6 is 11.3 Å². The minimum absolute atomic E-state index is 0.672. The summed E-state index contributed by atoms with van der Waals surface area (Å²) < 4.78 is 0. The van der Waals surface area contributed by atoms with Gasteiger partial charge in [0.15, 0.2) is 5.13 Å². The number of rotatable bonds is 2. The Balaban J connectivity index is 1.90. The molecule has 0 spiro atoms. The molecule has 1 aromatic carbocycles. The van der Waals surface area contributed by atoms with Crippen LogP contribution in [0.5, 0.6) is 0 Å². The van der Waals surface area contributed by atoms with Crippen molar-refractivity contribution in [3.05, 3.63) is 39.9 Å². The number of nitrogens with zero attached hydrogens (tertiary/aromatic N) is 2. The number of thiazole rings is 1. The number of hydrogen-bond donors (Lipinski definition) is 1. The summed E-state index contributed by atoms with van der Waals surface area (Å²) in [5.41, 5.74) is 3.84. The molecule has 2 aromatic rings. The molecular formula is C14H13N3S. The van der Waals surface area contributed by atoms with Gasteiger partial charge in [-0.15, -0.1) is 11.3 Å². The molecule has 0 amide bonds. The molecule has 3 rings (SSSR count). The van der Waals surface area contributed by atoms with Gasteiger partial charge in [0.1, 0.15) is 6.07 Å². The predicted octanol–water partition coefficient (Wildman–Crippen LogP) is 3.56. The van der Waals surface area contributed by atoms with Crippen molar-refractivity contribution in [3.8, 4) is 6.07 Å².